The molecule has 0 amide bonds. The van der Waals surface area contributed by atoms with Crippen molar-refractivity contribution in [2.75, 3.05) is 27.4 Å². The molecule has 1 fully saturated rings. The summed E-state index contributed by atoms with van der Waals surface area (Å²) in [6, 6.07) is 6.38. The first-order valence-electron chi connectivity index (χ1n) is 7.81. The monoisotopic (exact) mass is 293 g/mol. The molecule has 1 saturated heterocycles. The van der Waals surface area contributed by atoms with Gasteiger partial charge in [0, 0.05) is 12.6 Å². The molecular weight excluding hydrogens is 266 g/mol. The van der Waals surface area contributed by atoms with Gasteiger partial charge in [0.1, 0.15) is 0 Å². The van der Waals surface area contributed by atoms with Gasteiger partial charge in [0.25, 0.3) is 0 Å². The van der Waals surface area contributed by atoms with E-state index < -0.39 is 0 Å². The number of hydrogen-bond donors (Lipinski definition) is 1. The molecule has 0 saturated carbocycles. The Balaban J connectivity index is 1.78. The lowest BCUT2D eigenvalue weighted by Crippen LogP contribution is -2.21. The maximum absolute atomic E-state index is 5.64. The first kappa shape index (κ1) is 16.1. The van der Waals surface area contributed by atoms with Crippen LogP contribution in [0.5, 0.6) is 11.5 Å². The molecule has 2 unspecified atom stereocenters. The lowest BCUT2D eigenvalue weighted by Gasteiger charge is -2.17. The zero-order valence-corrected chi connectivity index (χ0v) is 13.4. The Morgan fingerprint density at radius 3 is 2.76 bits per heavy atom. The highest BCUT2D eigenvalue weighted by Gasteiger charge is 2.15. The first-order chi connectivity index (χ1) is 10.2. The molecule has 0 bridgehead atoms. The summed E-state index contributed by atoms with van der Waals surface area (Å²) >= 11 is 0. The van der Waals surface area contributed by atoms with E-state index in [1.807, 2.05) is 12.1 Å². The molecular formula is C17H27NO3. The van der Waals surface area contributed by atoms with Crippen LogP contribution in [0.25, 0.3) is 0 Å². The molecule has 4 heteroatoms. The third kappa shape index (κ3) is 4.61. The molecule has 1 aromatic carbocycles. The van der Waals surface area contributed by atoms with Crippen LogP contribution in [0.1, 0.15) is 44.2 Å². The van der Waals surface area contributed by atoms with Crippen LogP contribution in [-0.4, -0.2) is 33.5 Å². The van der Waals surface area contributed by atoms with Gasteiger partial charge in [-0.25, -0.2) is 0 Å². The van der Waals surface area contributed by atoms with E-state index in [9.17, 15) is 0 Å². The Kier molecular flexibility index (Phi) is 6.33. The Hall–Kier alpha value is -1.26. The summed E-state index contributed by atoms with van der Waals surface area (Å²) in [5, 5.41) is 3.56. The summed E-state index contributed by atoms with van der Waals surface area (Å²) in [6.07, 6.45) is 5.25. The van der Waals surface area contributed by atoms with Crippen molar-refractivity contribution in [1.29, 1.82) is 0 Å². The third-order valence-electron chi connectivity index (χ3n) is 4.08. The van der Waals surface area contributed by atoms with E-state index in [2.05, 4.69) is 18.3 Å². The summed E-state index contributed by atoms with van der Waals surface area (Å²) < 4.78 is 16.3. The Labute approximate surface area is 127 Å². The van der Waals surface area contributed by atoms with Crippen LogP contribution in [0, 0.1) is 0 Å². The van der Waals surface area contributed by atoms with Gasteiger partial charge in [-0.1, -0.05) is 6.07 Å². The summed E-state index contributed by atoms with van der Waals surface area (Å²) in [5.74, 6) is 1.55. The largest absolute Gasteiger partial charge is 0.493 e. The van der Waals surface area contributed by atoms with E-state index in [-0.39, 0.29) is 0 Å². The normalized spacial score (nSPS) is 19.5. The van der Waals surface area contributed by atoms with Crippen molar-refractivity contribution in [3.63, 3.8) is 0 Å². The minimum absolute atomic E-state index is 0.300. The summed E-state index contributed by atoms with van der Waals surface area (Å²) in [6.45, 7) is 4.13. The maximum Gasteiger partial charge on any atom is 0.161 e. The molecule has 0 spiro atoms. The number of nitrogens with one attached hydrogen (secondary N) is 1. The van der Waals surface area contributed by atoms with Gasteiger partial charge in [0.15, 0.2) is 11.5 Å². The van der Waals surface area contributed by atoms with Gasteiger partial charge >= 0.3 is 0 Å². The zero-order valence-electron chi connectivity index (χ0n) is 13.4. The average molecular weight is 293 g/mol. The van der Waals surface area contributed by atoms with E-state index in [0.717, 1.165) is 37.5 Å². The van der Waals surface area contributed by atoms with Crippen LogP contribution in [0.4, 0.5) is 0 Å². The summed E-state index contributed by atoms with van der Waals surface area (Å²) in [5.41, 5.74) is 1.21. The summed E-state index contributed by atoms with van der Waals surface area (Å²) in [4.78, 5) is 0. The van der Waals surface area contributed by atoms with Gasteiger partial charge in [0.2, 0.25) is 0 Å². The maximum atomic E-state index is 5.64. The second-order valence-corrected chi connectivity index (χ2v) is 5.57. The van der Waals surface area contributed by atoms with Crippen LogP contribution in [0.15, 0.2) is 18.2 Å². The van der Waals surface area contributed by atoms with E-state index in [0.29, 0.717) is 12.1 Å². The predicted octanol–water partition coefficient (Wildman–Crippen LogP) is 3.31. The smallest absolute Gasteiger partial charge is 0.161 e. The lowest BCUT2D eigenvalue weighted by molar-refractivity contribution is 0.102. The fraction of sp³-hybridized carbons (Fsp3) is 0.647. The minimum atomic E-state index is 0.300. The molecule has 21 heavy (non-hydrogen) atoms. The first-order valence-corrected chi connectivity index (χ1v) is 7.81. The van der Waals surface area contributed by atoms with Crippen molar-refractivity contribution in [3.05, 3.63) is 23.8 Å². The van der Waals surface area contributed by atoms with Gasteiger partial charge in [-0.05, 0) is 56.8 Å². The van der Waals surface area contributed by atoms with Gasteiger partial charge in [-0.3, -0.25) is 0 Å². The molecule has 4 nitrogen and oxygen atoms in total. The van der Waals surface area contributed by atoms with Crippen LogP contribution in [-0.2, 0) is 4.74 Å². The van der Waals surface area contributed by atoms with Crippen LogP contribution in [0.2, 0.25) is 0 Å². The average Bonchev–Trinajstić information content (AvgIpc) is 3.04. The van der Waals surface area contributed by atoms with Gasteiger partial charge in [-0.15, -0.1) is 0 Å². The number of hydrogen-bond acceptors (Lipinski definition) is 4. The van der Waals surface area contributed by atoms with Gasteiger partial charge in [-0.2, -0.15) is 0 Å². The molecule has 1 aromatic rings. The second kappa shape index (κ2) is 8.25. The highest BCUT2D eigenvalue weighted by Crippen LogP contribution is 2.29. The highest BCUT2D eigenvalue weighted by molar-refractivity contribution is 5.43. The van der Waals surface area contributed by atoms with E-state index >= 15 is 0 Å². The van der Waals surface area contributed by atoms with Gasteiger partial charge in [0.05, 0.1) is 20.3 Å². The third-order valence-corrected chi connectivity index (χ3v) is 4.08. The molecule has 2 atom stereocenters. The fourth-order valence-corrected chi connectivity index (χ4v) is 2.76. The van der Waals surface area contributed by atoms with Crippen molar-refractivity contribution >= 4 is 0 Å². The Bertz CT molecular complexity index is 430. The Morgan fingerprint density at radius 1 is 1.29 bits per heavy atom. The van der Waals surface area contributed by atoms with Gasteiger partial charge < -0.3 is 19.5 Å². The molecule has 1 aliphatic rings. The zero-order chi connectivity index (χ0) is 15.1. The molecule has 1 aliphatic heterocycles. The number of ether oxygens (including phenoxy) is 3. The van der Waals surface area contributed by atoms with Crippen molar-refractivity contribution in [2.24, 2.45) is 0 Å². The molecule has 0 aromatic heterocycles. The SMILES string of the molecule is COc1ccc(C(C)NCCCC2CCCO2)cc1OC. The van der Waals surface area contributed by atoms with Crippen LogP contribution in [0.3, 0.4) is 0 Å². The molecule has 1 N–H and O–H groups in total. The quantitative estimate of drug-likeness (QED) is 0.746. The Morgan fingerprint density at radius 2 is 2.10 bits per heavy atom. The van der Waals surface area contributed by atoms with Crippen LogP contribution < -0.4 is 14.8 Å². The topological polar surface area (TPSA) is 39.7 Å². The summed E-state index contributed by atoms with van der Waals surface area (Å²) in [7, 11) is 3.33. The van der Waals surface area contributed by atoms with Crippen molar-refractivity contribution in [1.82, 2.24) is 5.32 Å². The van der Waals surface area contributed by atoms with E-state index in [1.165, 1.54) is 18.4 Å². The molecule has 0 radical (unpaired) electrons. The standard InChI is InChI=1S/C17H27NO3/c1-13(18-10-4-6-15-7-5-11-21-15)14-8-9-16(19-2)17(12-14)20-3/h8-9,12-13,15,18H,4-7,10-11H2,1-3H3. The van der Waals surface area contributed by atoms with E-state index in [1.54, 1.807) is 14.2 Å². The van der Waals surface area contributed by atoms with Crippen LogP contribution >= 0.6 is 0 Å². The number of benzene rings is 1. The van der Waals surface area contributed by atoms with Crippen molar-refractivity contribution in [2.45, 2.75) is 44.8 Å². The van der Waals surface area contributed by atoms with Crippen molar-refractivity contribution < 1.29 is 14.2 Å². The molecule has 2 rings (SSSR count). The fourth-order valence-electron chi connectivity index (χ4n) is 2.76. The second-order valence-electron chi connectivity index (χ2n) is 5.57. The highest BCUT2D eigenvalue weighted by atomic mass is 16.5. The minimum Gasteiger partial charge on any atom is -0.493 e. The predicted molar refractivity (Wildman–Crippen MR) is 84.2 cm³/mol. The number of methoxy groups -OCH3 is 2. The van der Waals surface area contributed by atoms with E-state index in [4.69, 9.17) is 14.2 Å². The van der Waals surface area contributed by atoms with Crippen molar-refractivity contribution in [3.8, 4) is 11.5 Å². The molecule has 118 valence electrons. The number of rotatable bonds is 8. The molecule has 0 aliphatic carbocycles. The molecule has 1 heterocycles. The lowest BCUT2D eigenvalue weighted by atomic mass is 10.1.